The average molecular weight is 263 g/mol. The SMILES string of the molecule is CC(C)(C)c1nc(Cl)c(CC(=O)O)c(Cl)n1. The number of halogens is 2. The molecule has 1 aromatic rings. The van der Waals surface area contributed by atoms with Gasteiger partial charge in [-0.3, -0.25) is 4.79 Å². The molecule has 1 rings (SSSR count). The van der Waals surface area contributed by atoms with E-state index in [0.29, 0.717) is 5.82 Å². The number of carbonyl (C=O) groups is 1. The Morgan fingerprint density at radius 3 is 2.00 bits per heavy atom. The topological polar surface area (TPSA) is 63.1 Å². The molecule has 0 atom stereocenters. The van der Waals surface area contributed by atoms with Gasteiger partial charge in [0.05, 0.1) is 6.42 Å². The molecule has 0 radical (unpaired) electrons. The van der Waals surface area contributed by atoms with E-state index in [0.717, 1.165) is 0 Å². The van der Waals surface area contributed by atoms with Crippen molar-refractivity contribution in [2.24, 2.45) is 0 Å². The van der Waals surface area contributed by atoms with Gasteiger partial charge in [0.1, 0.15) is 16.1 Å². The van der Waals surface area contributed by atoms with Crippen LogP contribution in [-0.4, -0.2) is 21.0 Å². The molecular weight excluding hydrogens is 251 g/mol. The van der Waals surface area contributed by atoms with Gasteiger partial charge in [-0.05, 0) is 0 Å². The van der Waals surface area contributed by atoms with Crippen LogP contribution in [0.25, 0.3) is 0 Å². The average Bonchev–Trinajstić information content (AvgIpc) is 2.09. The van der Waals surface area contributed by atoms with E-state index in [1.165, 1.54) is 0 Å². The van der Waals surface area contributed by atoms with Gasteiger partial charge in [-0.25, -0.2) is 9.97 Å². The minimum absolute atomic E-state index is 0.104. The fourth-order valence-electron chi connectivity index (χ4n) is 1.06. The molecule has 0 unspecified atom stereocenters. The highest BCUT2D eigenvalue weighted by molar-refractivity contribution is 6.34. The number of aliphatic carboxylic acids is 1. The van der Waals surface area contributed by atoms with Crippen LogP contribution in [0.5, 0.6) is 0 Å². The largest absolute Gasteiger partial charge is 0.481 e. The Bertz CT molecular complexity index is 404. The third-order valence-electron chi connectivity index (χ3n) is 1.90. The van der Waals surface area contributed by atoms with Gasteiger partial charge in [-0.15, -0.1) is 0 Å². The summed E-state index contributed by atoms with van der Waals surface area (Å²) in [7, 11) is 0. The molecule has 0 saturated heterocycles. The molecule has 1 N–H and O–H groups in total. The first-order valence-electron chi connectivity index (χ1n) is 4.66. The lowest BCUT2D eigenvalue weighted by Gasteiger charge is -2.17. The smallest absolute Gasteiger partial charge is 0.308 e. The van der Waals surface area contributed by atoms with Crippen molar-refractivity contribution < 1.29 is 9.90 Å². The van der Waals surface area contributed by atoms with Crippen molar-refractivity contribution in [3.8, 4) is 0 Å². The van der Waals surface area contributed by atoms with Gasteiger partial charge in [-0.2, -0.15) is 0 Å². The van der Waals surface area contributed by atoms with Crippen LogP contribution >= 0.6 is 23.2 Å². The summed E-state index contributed by atoms with van der Waals surface area (Å²) in [6.45, 7) is 5.77. The van der Waals surface area contributed by atoms with Crippen LogP contribution in [0.1, 0.15) is 32.2 Å². The second-order valence-electron chi connectivity index (χ2n) is 4.43. The standard InChI is InChI=1S/C10H12Cl2N2O2/c1-10(2,3)9-13-7(11)5(4-6(15)16)8(12)14-9/h4H2,1-3H3,(H,15,16). The van der Waals surface area contributed by atoms with E-state index in [1.54, 1.807) is 0 Å². The van der Waals surface area contributed by atoms with E-state index in [-0.39, 0.29) is 27.7 Å². The highest BCUT2D eigenvalue weighted by atomic mass is 35.5. The van der Waals surface area contributed by atoms with Crippen LogP contribution in [0.3, 0.4) is 0 Å². The quantitative estimate of drug-likeness (QED) is 0.833. The number of hydrogen-bond acceptors (Lipinski definition) is 3. The third-order valence-corrected chi connectivity index (χ3v) is 2.53. The molecule has 0 amide bonds. The molecule has 0 aliphatic carbocycles. The molecule has 88 valence electrons. The number of carboxylic acids is 1. The number of rotatable bonds is 2. The lowest BCUT2D eigenvalue weighted by Crippen LogP contribution is -2.17. The number of hydrogen-bond donors (Lipinski definition) is 1. The maximum Gasteiger partial charge on any atom is 0.308 e. The van der Waals surface area contributed by atoms with Gasteiger partial charge >= 0.3 is 5.97 Å². The monoisotopic (exact) mass is 262 g/mol. The predicted molar refractivity (Wildman–Crippen MR) is 62.1 cm³/mol. The molecule has 0 saturated carbocycles. The van der Waals surface area contributed by atoms with Gasteiger partial charge in [0.25, 0.3) is 0 Å². The summed E-state index contributed by atoms with van der Waals surface area (Å²) in [6.07, 6.45) is -0.276. The first-order valence-corrected chi connectivity index (χ1v) is 5.41. The Kier molecular flexibility index (Phi) is 3.76. The van der Waals surface area contributed by atoms with E-state index in [9.17, 15) is 4.79 Å². The highest BCUT2D eigenvalue weighted by Gasteiger charge is 2.22. The molecular formula is C10H12Cl2N2O2. The lowest BCUT2D eigenvalue weighted by atomic mass is 9.96. The number of aromatic nitrogens is 2. The van der Waals surface area contributed by atoms with E-state index < -0.39 is 5.97 Å². The van der Waals surface area contributed by atoms with Gasteiger partial charge in [-0.1, -0.05) is 44.0 Å². The lowest BCUT2D eigenvalue weighted by molar-refractivity contribution is -0.136. The fourth-order valence-corrected chi connectivity index (χ4v) is 1.58. The van der Waals surface area contributed by atoms with Crippen molar-refractivity contribution in [2.45, 2.75) is 32.6 Å². The molecule has 0 bridgehead atoms. The molecule has 0 aliphatic heterocycles. The predicted octanol–water partition coefficient (Wildman–Crippen LogP) is 2.71. The Morgan fingerprint density at radius 1 is 1.25 bits per heavy atom. The van der Waals surface area contributed by atoms with Crippen LogP contribution in [-0.2, 0) is 16.6 Å². The summed E-state index contributed by atoms with van der Waals surface area (Å²) in [5.74, 6) is -0.521. The van der Waals surface area contributed by atoms with Gasteiger partial charge in [0.15, 0.2) is 0 Å². The van der Waals surface area contributed by atoms with E-state index in [4.69, 9.17) is 28.3 Å². The molecule has 1 aromatic heterocycles. The second-order valence-corrected chi connectivity index (χ2v) is 5.14. The van der Waals surface area contributed by atoms with Crippen molar-refractivity contribution in [3.05, 3.63) is 21.7 Å². The zero-order valence-electron chi connectivity index (χ0n) is 9.21. The van der Waals surface area contributed by atoms with Crippen molar-refractivity contribution in [1.82, 2.24) is 9.97 Å². The van der Waals surface area contributed by atoms with Gasteiger partial charge in [0.2, 0.25) is 0 Å². The summed E-state index contributed by atoms with van der Waals surface area (Å²) in [5.41, 5.74) is -0.0292. The van der Waals surface area contributed by atoms with Gasteiger partial charge in [0, 0.05) is 11.0 Å². The molecule has 0 fully saturated rings. The van der Waals surface area contributed by atoms with Crippen LogP contribution in [0, 0.1) is 0 Å². The highest BCUT2D eigenvalue weighted by Crippen LogP contribution is 2.26. The van der Waals surface area contributed by atoms with E-state index in [1.807, 2.05) is 20.8 Å². The Morgan fingerprint density at radius 2 is 1.69 bits per heavy atom. The normalized spacial score (nSPS) is 11.6. The molecule has 4 nitrogen and oxygen atoms in total. The van der Waals surface area contributed by atoms with Crippen molar-refractivity contribution in [2.75, 3.05) is 0 Å². The molecule has 0 aromatic carbocycles. The minimum atomic E-state index is -1.02. The minimum Gasteiger partial charge on any atom is -0.481 e. The fraction of sp³-hybridized carbons (Fsp3) is 0.500. The summed E-state index contributed by atoms with van der Waals surface area (Å²) >= 11 is 11.8. The first-order chi connectivity index (χ1) is 7.21. The molecule has 16 heavy (non-hydrogen) atoms. The summed E-state index contributed by atoms with van der Waals surface area (Å²) in [5, 5.41) is 8.88. The van der Waals surface area contributed by atoms with Crippen LogP contribution in [0.4, 0.5) is 0 Å². The Balaban J connectivity index is 3.23. The van der Waals surface area contributed by atoms with Crippen LogP contribution < -0.4 is 0 Å². The Labute approximate surface area is 104 Å². The zero-order chi connectivity index (χ0) is 12.5. The molecule has 0 spiro atoms. The van der Waals surface area contributed by atoms with E-state index in [2.05, 4.69) is 9.97 Å². The van der Waals surface area contributed by atoms with Crippen LogP contribution in [0.15, 0.2) is 0 Å². The summed E-state index contributed by atoms with van der Waals surface area (Å²) in [6, 6.07) is 0. The number of nitrogens with zero attached hydrogens (tertiary/aromatic N) is 2. The summed E-state index contributed by atoms with van der Waals surface area (Å²) < 4.78 is 0. The van der Waals surface area contributed by atoms with Crippen molar-refractivity contribution >= 4 is 29.2 Å². The first kappa shape index (κ1) is 13.2. The van der Waals surface area contributed by atoms with Crippen molar-refractivity contribution in [1.29, 1.82) is 0 Å². The molecule has 6 heteroatoms. The van der Waals surface area contributed by atoms with Crippen molar-refractivity contribution in [3.63, 3.8) is 0 Å². The summed E-state index contributed by atoms with van der Waals surface area (Å²) in [4.78, 5) is 18.7. The maximum atomic E-state index is 10.6. The zero-order valence-corrected chi connectivity index (χ0v) is 10.7. The van der Waals surface area contributed by atoms with E-state index >= 15 is 0 Å². The second kappa shape index (κ2) is 4.55. The maximum absolute atomic E-state index is 10.6. The van der Waals surface area contributed by atoms with Gasteiger partial charge < -0.3 is 5.11 Å². The third kappa shape index (κ3) is 3.06. The Hall–Kier alpha value is -0.870. The number of carboxylic acid groups (broad SMARTS) is 1. The molecule has 1 heterocycles. The molecule has 0 aliphatic rings. The van der Waals surface area contributed by atoms with Crippen LogP contribution in [0.2, 0.25) is 10.3 Å².